The molecule has 1 aromatic heterocycles. The van der Waals surface area contributed by atoms with E-state index in [1.165, 1.54) is 5.69 Å². The van der Waals surface area contributed by atoms with E-state index in [-0.39, 0.29) is 0 Å². The molecule has 0 spiro atoms. The van der Waals surface area contributed by atoms with Crippen LogP contribution in [-0.4, -0.2) is 33.8 Å². The van der Waals surface area contributed by atoms with Crippen molar-refractivity contribution in [1.82, 2.24) is 14.7 Å². The smallest absolute Gasteiger partial charge is 0.0649 e. The predicted molar refractivity (Wildman–Crippen MR) is 80.6 cm³/mol. The first kappa shape index (κ1) is 13.3. The molecule has 20 heavy (non-hydrogen) atoms. The van der Waals surface area contributed by atoms with Gasteiger partial charge in [0.2, 0.25) is 0 Å². The van der Waals surface area contributed by atoms with Gasteiger partial charge in [-0.15, -0.1) is 0 Å². The average molecular weight is 270 g/mol. The SMILES string of the molecule is CC1CN(Cc2ccnn2-c2ccccc2)CCC1N. The molecule has 1 aliphatic heterocycles. The Hall–Kier alpha value is -1.65. The van der Waals surface area contributed by atoms with Gasteiger partial charge in [0.15, 0.2) is 0 Å². The zero-order valence-electron chi connectivity index (χ0n) is 11.9. The van der Waals surface area contributed by atoms with Crippen LogP contribution in [0.5, 0.6) is 0 Å². The second kappa shape index (κ2) is 5.77. The summed E-state index contributed by atoms with van der Waals surface area (Å²) in [5, 5.41) is 4.45. The van der Waals surface area contributed by atoms with Gasteiger partial charge in [-0.05, 0) is 30.5 Å². The largest absolute Gasteiger partial charge is 0.327 e. The van der Waals surface area contributed by atoms with Crippen molar-refractivity contribution >= 4 is 0 Å². The molecular weight excluding hydrogens is 248 g/mol. The molecule has 1 aromatic carbocycles. The lowest BCUT2D eigenvalue weighted by Crippen LogP contribution is -2.45. The summed E-state index contributed by atoms with van der Waals surface area (Å²) in [6.45, 7) is 5.32. The third-order valence-corrected chi connectivity index (χ3v) is 4.16. The van der Waals surface area contributed by atoms with Crippen LogP contribution in [0.15, 0.2) is 42.6 Å². The number of nitrogens with zero attached hydrogens (tertiary/aromatic N) is 3. The van der Waals surface area contributed by atoms with E-state index in [9.17, 15) is 0 Å². The number of para-hydroxylation sites is 1. The maximum atomic E-state index is 6.09. The molecule has 0 saturated carbocycles. The highest BCUT2D eigenvalue weighted by Crippen LogP contribution is 2.18. The Morgan fingerprint density at radius 2 is 2.05 bits per heavy atom. The number of hydrogen-bond donors (Lipinski definition) is 1. The van der Waals surface area contributed by atoms with Crippen molar-refractivity contribution in [3.8, 4) is 5.69 Å². The van der Waals surface area contributed by atoms with Crippen molar-refractivity contribution in [3.63, 3.8) is 0 Å². The standard InChI is InChI=1S/C16H22N4/c1-13-11-19(10-8-16(13)17)12-15-7-9-18-20(15)14-5-3-2-4-6-14/h2-7,9,13,16H,8,10-12,17H2,1H3. The molecule has 3 rings (SSSR count). The van der Waals surface area contributed by atoms with Gasteiger partial charge >= 0.3 is 0 Å². The van der Waals surface area contributed by atoms with Crippen LogP contribution >= 0.6 is 0 Å². The summed E-state index contributed by atoms with van der Waals surface area (Å²) in [5.74, 6) is 0.567. The summed E-state index contributed by atoms with van der Waals surface area (Å²) >= 11 is 0. The Labute approximate surface area is 120 Å². The molecule has 106 valence electrons. The van der Waals surface area contributed by atoms with E-state index in [2.05, 4.69) is 35.1 Å². The van der Waals surface area contributed by atoms with Crippen LogP contribution in [0.25, 0.3) is 5.69 Å². The van der Waals surface area contributed by atoms with Crippen LogP contribution < -0.4 is 5.73 Å². The quantitative estimate of drug-likeness (QED) is 0.928. The lowest BCUT2D eigenvalue weighted by Gasteiger charge is -2.35. The molecule has 0 amide bonds. The summed E-state index contributed by atoms with van der Waals surface area (Å²) in [6.07, 6.45) is 2.96. The third-order valence-electron chi connectivity index (χ3n) is 4.16. The molecule has 1 aliphatic rings. The van der Waals surface area contributed by atoms with Crippen molar-refractivity contribution in [2.24, 2.45) is 11.7 Å². The molecule has 4 heteroatoms. The molecule has 0 bridgehead atoms. The average Bonchev–Trinajstić information content (AvgIpc) is 2.92. The van der Waals surface area contributed by atoms with Gasteiger partial charge in [0.1, 0.15) is 0 Å². The molecule has 1 fully saturated rings. The van der Waals surface area contributed by atoms with Crippen LogP contribution in [0, 0.1) is 5.92 Å². The first-order valence-corrected chi connectivity index (χ1v) is 7.30. The molecule has 2 unspecified atom stereocenters. The lowest BCUT2D eigenvalue weighted by molar-refractivity contribution is 0.155. The normalized spacial score (nSPS) is 23.9. The molecule has 2 N–H and O–H groups in total. The Kier molecular flexibility index (Phi) is 3.85. The van der Waals surface area contributed by atoms with Gasteiger partial charge in [-0.2, -0.15) is 5.10 Å². The maximum Gasteiger partial charge on any atom is 0.0649 e. The highest BCUT2D eigenvalue weighted by atomic mass is 15.3. The molecule has 0 aliphatic carbocycles. The molecular formula is C16H22N4. The summed E-state index contributed by atoms with van der Waals surface area (Å²) < 4.78 is 2.03. The van der Waals surface area contributed by atoms with Crippen molar-refractivity contribution in [2.75, 3.05) is 13.1 Å². The molecule has 2 heterocycles. The number of aromatic nitrogens is 2. The van der Waals surface area contributed by atoms with Crippen molar-refractivity contribution in [2.45, 2.75) is 25.9 Å². The Morgan fingerprint density at radius 3 is 2.80 bits per heavy atom. The van der Waals surface area contributed by atoms with Crippen LogP contribution in [0.1, 0.15) is 19.0 Å². The topological polar surface area (TPSA) is 47.1 Å². The number of piperidine rings is 1. The number of rotatable bonds is 3. The first-order valence-electron chi connectivity index (χ1n) is 7.30. The van der Waals surface area contributed by atoms with Crippen LogP contribution in [0.2, 0.25) is 0 Å². The molecule has 0 radical (unpaired) electrons. The van der Waals surface area contributed by atoms with Gasteiger partial charge in [0, 0.05) is 31.9 Å². The zero-order valence-corrected chi connectivity index (χ0v) is 11.9. The second-order valence-corrected chi connectivity index (χ2v) is 5.73. The van der Waals surface area contributed by atoms with Crippen LogP contribution in [0.4, 0.5) is 0 Å². The highest BCUT2D eigenvalue weighted by molar-refractivity contribution is 5.32. The fourth-order valence-corrected chi connectivity index (χ4v) is 2.87. The second-order valence-electron chi connectivity index (χ2n) is 5.73. The van der Waals surface area contributed by atoms with Crippen LogP contribution in [-0.2, 0) is 6.54 Å². The summed E-state index contributed by atoms with van der Waals surface area (Å²) in [7, 11) is 0. The number of benzene rings is 1. The molecule has 4 nitrogen and oxygen atoms in total. The maximum absolute atomic E-state index is 6.09. The van der Waals surface area contributed by atoms with E-state index < -0.39 is 0 Å². The first-order chi connectivity index (χ1) is 9.74. The monoisotopic (exact) mass is 270 g/mol. The zero-order chi connectivity index (χ0) is 13.9. The van der Waals surface area contributed by atoms with Gasteiger partial charge in [-0.3, -0.25) is 4.90 Å². The van der Waals surface area contributed by atoms with E-state index in [1.807, 2.05) is 29.1 Å². The van der Waals surface area contributed by atoms with E-state index >= 15 is 0 Å². The van der Waals surface area contributed by atoms with E-state index in [4.69, 9.17) is 5.73 Å². The molecule has 2 aromatic rings. The van der Waals surface area contributed by atoms with Gasteiger partial charge in [-0.25, -0.2) is 4.68 Å². The third kappa shape index (κ3) is 2.76. The molecule has 2 atom stereocenters. The summed E-state index contributed by atoms with van der Waals surface area (Å²) in [4.78, 5) is 2.48. The number of hydrogen-bond acceptors (Lipinski definition) is 3. The van der Waals surface area contributed by atoms with E-state index in [0.717, 1.165) is 31.7 Å². The van der Waals surface area contributed by atoms with Crippen molar-refractivity contribution in [1.29, 1.82) is 0 Å². The van der Waals surface area contributed by atoms with Gasteiger partial charge < -0.3 is 5.73 Å². The molecule has 1 saturated heterocycles. The van der Waals surface area contributed by atoms with E-state index in [0.29, 0.717) is 12.0 Å². The Balaban J connectivity index is 1.75. The summed E-state index contributed by atoms with van der Waals surface area (Å²) in [5.41, 5.74) is 8.45. The Morgan fingerprint density at radius 1 is 1.25 bits per heavy atom. The van der Waals surface area contributed by atoms with Crippen molar-refractivity contribution < 1.29 is 0 Å². The summed E-state index contributed by atoms with van der Waals surface area (Å²) in [6, 6.07) is 12.7. The fraction of sp³-hybridized carbons (Fsp3) is 0.438. The van der Waals surface area contributed by atoms with Gasteiger partial charge in [0.05, 0.1) is 11.4 Å². The van der Waals surface area contributed by atoms with Crippen LogP contribution in [0.3, 0.4) is 0 Å². The van der Waals surface area contributed by atoms with Gasteiger partial charge in [0.25, 0.3) is 0 Å². The minimum absolute atomic E-state index is 0.352. The van der Waals surface area contributed by atoms with Crippen molar-refractivity contribution in [3.05, 3.63) is 48.3 Å². The fourth-order valence-electron chi connectivity index (χ4n) is 2.87. The van der Waals surface area contributed by atoms with E-state index in [1.54, 1.807) is 0 Å². The highest BCUT2D eigenvalue weighted by Gasteiger charge is 2.23. The minimum Gasteiger partial charge on any atom is -0.327 e. The Bertz CT molecular complexity index is 549. The number of likely N-dealkylation sites (tertiary alicyclic amines) is 1. The minimum atomic E-state index is 0.352. The lowest BCUT2D eigenvalue weighted by atomic mass is 9.95. The predicted octanol–water partition coefficient (Wildman–Crippen LogP) is 2.04. The van der Waals surface area contributed by atoms with Gasteiger partial charge in [-0.1, -0.05) is 25.1 Å². The number of nitrogens with two attached hydrogens (primary N) is 1.